The minimum absolute atomic E-state index is 1.14. The molecule has 0 aromatic carbocycles. The molecule has 38 heavy (non-hydrogen) atoms. The number of hydrogen-bond acceptors (Lipinski definition) is 3. The zero-order valence-electron chi connectivity index (χ0n) is 24.6. The van der Waals surface area contributed by atoms with Crippen LogP contribution in [0, 0.1) is 13.8 Å². The van der Waals surface area contributed by atoms with E-state index in [4.69, 9.17) is 0 Å². The van der Waals surface area contributed by atoms with Crippen molar-refractivity contribution in [2.45, 2.75) is 137 Å². The SMILES string of the molecule is CCCCCCc1cc(C)sc1Cc1cc(CCCCCC)c(Cc2cc(CCCCCCBr)c(C)s2)s1. The highest BCUT2D eigenvalue weighted by Gasteiger charge is 2.15. The Morgan fingerprint density at radius 3 is 1.68 bits per heavy atom. The van der Waals surface area contributed by atoms with Crippen molar-refractivity contribution >= 4 is 49.9 Å². The van der Waals surface area contributed by atoms with Crippen LogP contribution in [0.15, 0.2) is 18.2 Å². The molecule has 0 saturated heterocycles. The van der Waals surface area contributed by atoms with Gasteiger partial charge in [0, 0.05) is 47.4 Å². The lowest BCUT2D eigenvalue weighted by molar-refractivity contribution is 0.665. The molecule has 0 radical (unpaired) electrons. The van der Waals surface area contributed by atoms with Crippen molar-refractivity contribution in [3.8, 4) is 0 Å². The molecular weight excluding hydrogens is 584 g/mol. The smallest absolute Gasteiger partial charge is 0.0166 e. The molecule has 0 amide bonds. The molecule has 0 aliphatic rings. The fraction of sp³-hybridized carbons (Fsp3) is 0.647. The molecule has 3 rings (SSSR count). The second kappa shape index (κ2) is 18.1. The average Bonchev–Trinajstić information content (AvgIpc) is 3.56. The van der Waals surface area contributed by atoms with Crippen LogP contribution in [-0.2, 0) is 32.1 Å². The van der Waals surface area contributed by atoms with Crippen molar-refractivity contribution in [2.24, 2.45) is 0 Å². The zero-order valence-corrected chi connectivity index (χ0v) is 28.6. The number of hydrogen-bond donors (Lipinski definition) is 0. The summed E-state index contributed by atoms with van der Waals surface area (Å²) in [5, 5.41) is 1.14. The van der Waals surface area contributed by atoms with Crippen LogP contribution in [0.2, 0.25) is 0 Å². The van der Waals surface area contributed by atoms with Gasteiger partial charge >= 0.3 is 0 Å². The maximum absolute atomic E-state index is 3.56. The topological polar surface area (TPSA) is 0 Å². The summed E-state index contributed by atoms with van der Waals surface area (Å²) in [4.78, 5) is 9.45. The van der Waals surface area contributed by atoms with Crippen LogP contribution in [0.1, 0.15) is 137 Å². The third kappa shape index (κ3) is 10.9. The molecule has 212 valence electrons. The summed E-state index contributed by atoms with van der Waals surface area (Å²) in [6.45, 7) is 9.26. The average molecular weight is 636 g/mol. The molecule has 0 bridgehead atoms. The van der Waals surface area contributed by atoms with Gasteiger partial charge in [-0.2, -0.15) is 0 Å². The molecule has 0 N–H and O–H groups in total. The van der Waals surface area contributed by atoms with Crippen molar-refractivity contribution in [3.05, 3.63) is 64.2 Å². The van der Waals surface area contributed by atoms with Gasteiger partial charge in [0.2, 0.25) is 0 Å². The normalized spacial score (nSPS) is 11.6. The highest BCUT2D eigenvalue weighted by Crippen LogP contribution is 2.34. The van der Waals surface area contributed by atoms with E-state index in [2.05, 4.69) is 84.5 Å². The molecule has 0 atom stereocenters. The lowest BCUT2D eigenvalue weighted by atomic mass is 10.0. The van der Waals surface area contributed by atoms with E-state index < -0.39 is 0 Å². The fourth-order valence-corrected chi connectivity index (χ4v) is 9.49. The Hall–Kier alpha value is -0.420. The first-order valence-electron chi connectivity index (χ1n) is 15.4. The van der Waals surface area contributed by atoms with Crippen LogP contribution in [0.5, 0.6) is 0 Å². The number of unbranched alkanes of at least 4 members (excludes halogenated alkanes) is 9. The lowest BCUT2D eigenvalue weighted by Gasteiger charge is -2.03. The molecule has 0 nitrogen and oxygen atoms in total. The van der Waals surface area contributed by atoms with E-state index in [-0.39, 0.29) is 0 Å². The van der Waals surface area contributed by atoms with Gasteiger partial charge in [0.15, 0.2) is 0 Å². The molecular formula is C34H51BrS3. The van der Waals surface area contributed by atoms with Crippen molar-refractivity contribution in [1.82, 2.24) is 0 Å². The number of rotatable bonds is 20. The van der Waals surface area contributed by atoms with Gasteiger partial charge in [-0.1, -0.05) is 81.1 Å². The largest absolute Gasteiger partial charge is 0.145 e. The van der Waals surface area contributed by atoms with Crippen molar-refractivity contribution in [1.29, 1.82) is 0 Å². The van der Waals surface area contributed by atoms with Crippen LogP contribution < -0.4 is 0 Å². The van der Waals surface area contributed by atoms with Crippen LogP contribution in [0.25, 0.3) is 0 Å². The van der Waals surface area contributed by atoms with Gasteiger partial charge in [-0.05, 0) is 93.7 Å². The highest BCUT2D eigenvalue weighted by molar-refractivity contribution is 9.09. The summed E-state index contributed by atoms with van der Waals surface area (Å²) < 4.78 is 0. The summed E-state index contributed by atoms with van der Waals surface area (Å²) >= 11 is 9.77. The minimum atomic E-state index is 1.14. The maximum Gasteiger partial charge on any atom is 0.0166 e. The Kier molecular flexibility index (Phi) is 15.3. The predicted molar refractivity (Wildman–Crippen MR) is 180 cm³/mol. The van der Waals surface area contributed by atoms with Gasteiger partial charge in [0.1, 0.15) is 0 Å². The molecule has 0 fully saturated rings. The minimum Gasteiger partial charge on any atom is -0.145 e. The second-order valence-electron chi connectivity index (χ2n) is 11.1. The summed E-state index contributed by atoms with van der Waals surface area (Å²) in [5.74, 6) is 0. The Bertz CT molecular complexity index is 1050. The van der Waals surface area contributed by atoms with E-state index in [9.17, 15) is 0 Å². The molecule has 3 heterocycles. The number of thiophene rings is 3. The van der Waals surface area contributed by atoms with E-state index in [0.717, 1.165) is 18.2 Å². The molecule has 0 aliphatic carbocycles. The van der Waals surface area contributed by atoms with Gasteiger partial charge in [-0.15, -0.1) is 34.0 Å². The Labute approximate surface area is 254 Å². The summed E-state index contributed by atoms with van der Waals surface area (Å²) in [6.07, 6.45) is 22.2. The molecule has 0 aliphatic heterocycles. The van der Waals surface area contributed by atoms with Gasteiger partial charge in [0.05, 0.1) is 0 Å². The van der Waals surface area contributed by atoms with Crippen LogP contribution in [0.4, 0.5) is 0 Å². The highest BCUT2D eigenvalue weighted by atomic mass is 79.9. The van der Waals surface area contributed by atoms with Crippen LogP contribution in [0.3, 0.4) is 0 Å². The predicted octanol–water partition coefficient (Wildman–Crippen LogP) is 12.4. The maximum atomic E-state index is 3.56. The van der Waals surface area contributed by atoms with Crippen molar-refractivity contribution in [2.75, 3.05) is 5.33 Å². The fourth-order valence-electron chi connectivity index (χ4n) is 5.44. The molecule has 4 heteroatoms. The van der Waals surface area contributed by atoms with E-state index in [1.54, 1.807) is 41.1 Å². The summed E-state index contributed by atoms with van der Waals surface area (Å²) in [5.41, 5.74) is 4.87. The summed E-state index contributed by atoms with van der Waals surface area (Å²) in [7, 11) is 0. The van der Waals surface area contributed by atoms with Crippen LogP contribution in [-0.4, -0.2) is 5.33 Å². The Morgan fingerprint density at radius 2 is 1.05 bits per heavy atom. The lowest BCUT2D eigenvalue weighted by Crippen LogP contribution is -1.91. The zero-order chi connectivity index (χ0) is 27.2. The molecule has 3 aromatic rings. The van der Waals surface area contributed by atoms with Gasteiger partial charge in [-0.25, -0.2) is 0 Å². The summed E-state index contributed by atoms with van der Waals surface area (Å²) in [6, 6.07) is 7.61. The third-order valence-corrected chi connectivity index (χ3v) is 11.6. The van der Waals surface area contributed by atoms with Crippen molar-refractivity contribution in [3.63, 3.8) is 0 Å². The van der Waals surface area contributed by atoms with E-state index in [1.807, 2.05) is 11.3 Å². The van der Waals surface area contributed by atoms with E-state index >= 15 is 0 Å². The standard InChI is InChI=1S/C34H51BrS3/c1-5-7-9-13-18-29-21-26(3)36-33(29)25-32-23-30(19-14-10-8-6-2)34(38-32)24-31-22-28(27(4)37-31)17-15-11-12-16-20-35/h21-23H,5-20,24-25H2,1-4H3. The van der Waals surface area contributed by atoms with E-state index in [1.165, 1.54) is 101 Å². The first kappa shape index (κ1) is 32.1. The van der Waals surface area contributed by atoms with E-state index in [0.29, 0.717) is 0 Å². The first-order valence-corrected chi connectivity index (χ1v) is 18.9. The van der Waals surface area contributed by atoms with Gasteiger partial charge in [-0.3, -0.25) is 0 Å². The monoisotopic (exact) mass is 634 g/mol. The number of halogens is 1. The second-order valence-corrected chi connectivity index (χ2v) is 15.8. The number of aryl methyl sites for hydroxylation is 5. The quantitative estimate of drug-likeness (QED) is 0.0856. The molecule has 0 saturated carbocycles. The Morgan fingerprint density at radius 1 is 0.553 bits per heavy atom. The molecule has 0 unspecified atom stereocenters. The van der Waals surface area contributed by atoms with Crippen molar-refractivity contribution < 1.29 is 0 Å². The first-order chi connectivity index (χ1) is 18.5. The van der Waals surface area contributed by atoms with Gasteiger partial charge in [0.25, 0.3) is 0 Å². The molecule has 0 spiro atoms. The van der Waals surface area contributed by atoms with Crippen LogP contribution >= 0.6 is 49.9 Å². The molecule has 3 aromatic heterocycles. The van der Waals surface area contributed by atoms with Gasteiger partial charge < -0.3 is 0 Å². The third-order valence-electron chi connectivity index (χ3n) is 7.64. The Balaban J connectivity index is 1.70. The number of alkyl halides is 1.